The van der Waals surface area contributed by atoms with Crippen LogP contribution < -0.4 is 0 Å². The molecule has 0 spiro atoms. The Morgan fingerprint density at radius 3 is 2.38 bits per heavy atom. The van der Waals surface area contributed by atoms with Gasteiger partial charge < -0.3 is 0 Å². The zero-order valence-corrected chi connectivity index (χ0v) is 14.2. The first-order valence-corrected chi connectivity index (χ1v) is 8.84. The summed E-state index contributed by atoms with van der Waals surface area (Å²) in [6.07, 6.45) is 6.44. The number of halogens is 2. The van der Waals surface area contributed by atoms with Crippen LogP contribution in [0.4, 0.5) is 8.78 Å². The first-order valence-electron chi connectivity index (χ1n) is 8.84. The Kier molecular flexibility index (Phi) is 5.13. The minimum Gasteiger partial charge on any atom is -0.208 e. The van der Waals surface area contributed by atoms with E-state index in [0.717, 1.165) is 48.4 Å². The van der Waals surface area contributed by atoms with E-state index in [2.05, 4.69) is 13.5 Å². The summed E-state index contributed by atoms with van der Waals surface area (Å²) in [7, 11) is 0. The van der Waals surface area contributed by atoms with Gasteiger partial charge in [-0.25, -0.2) is 8.78 Å². The third-order valence-corrected chi connectivity index (χ3v) is 5.35. The van der Waals surface area contributed by atoms with Crippen LogP contribution in [0.15, 0.2) is 48.8 Å². The van der Waals surface area contributed by atoms with Gasteiger partial charge in [0.25, 0.3) is 0 Å². The van der Waals surface area contributed by atoms with Crippen LogP contribution in [-0.2, 0) is 0 Å². The maximum Gasteiger partial charge on any atom is 0.162 e. The lowest BCUT2D eigenvalue weighted by Crippen LogP contribution is -2.14. The van der Waals surface area contributed by atoms with Crippen molar-refractivity contribution >= 4 is 22.7 Å². The molecular formula is C22H24F2. The largest absolute Gasteiger partial charge is 0.208 e. The number of hydrogen-bond donors (Lipinski definition) is 0. The van der Waals surface area contributed by atoms with Gasteiger partial charge in [0.1, 0.15) is 5.83 Å². The van der Waals surface area contributed by atoms with Crippen molar-refractivity contribution in [3.8, 4) is 0 Å². The fourth-order valence-electron chi connectivity index (χ4n) is 3.67. The van der Waals surface area contributed by atoms with Crippen LogP contribution in [-0.4, -0.2) is 0 Å². The van der Waals surface area contributed by atoms with E-state index in [0.29, 0.717) is 11.5 Å². The van der Waals surface area contributed by atoms with E-state index in [1.165, 1.54) is 0 Å². The van der Waals surface area contributed by atoms with Gasteiger partial charge in [-0.1, -0.05) is 50.3 Å². The van der Waals surface area contributed by atoms with Gasteiger partial charge in [-0.05, 0) is 60.1 Å². The quantitative estimate of drug-likeness (QED) is 0.552. The normalized spacial score (nSPS) is 22.3. The fraction of sp³-hybridized carbons (Fsp3) is 0.364. The van der Waals surface area contributed by atoms with Crippen LogP contribution in [0.25, 0.3) is 22.7 Å². The highest BCUT2D eigenvalue weighted by atomic mass is 19.2. The molecule has 0 nitrogen and oxygen atoms in total. The van der Waals surface area contributed by atoms with Gasteiger partial charge in [-0.3, -0.25) is 0 Å². The van der Waals surface area contributed by atoms with E-state index in [1.807, 2.05) is 24.3 Å². The molecule has 24 heavy (non-hydrogen) atoms. The van der Waals surface area contributed by atoms with Gasteiger partial charge in [0, 0.05) is 11.5 Å². The van der Waals surface area contributed by atoms with Crippen LogP contribution >= 0.6 is 0 Å². The van der Waals surface area contributed by atoms with Gasteiger partial charge in [-0.2, -0.15) is 0 Å². The Hall–Kier alpha value is -1.96. The molecule has 2 aromatic carbocycles. The Labute approximate surface area is 142 Å². The van der Waals surface area contributed by atoms with E-state index < -0.39 is 11.7 Å². The minimum atomic E-state index is -0.690. The molecule has 0 radical (unpaired) electrons. The Morgan fingerprint density at radius 2 is 1.71 bits per heavy atom. The molecule has 0 unspecified atom stereocenters. The molecule has 0 N–H and O–H groups in total. The van der Waals surface area contributed by atoms with Crippen molar-refractivity contribution in [2.24, 2.45) is 11.8 Å². The summed E-state index contributed by atoms with van der Waals surface area (Å²) in [4.78, 5) is 0. The maximum absolute atomic E-state index is 14.7. The Morgan fingerprint density at radius 1 is 1.04 bits per heavy atom. The highest BCUT2D eigenvalue weighted by Crippen LogP contribution is 2.38. The summed E-state index contributed by atoms with van der Waals surface area (Å²) in [5.74, 6) is -0.834. The molecule has 1 aliphatic rings. The number of benzene rings is 2. The van der Waals surface area contributed by atoms with Crippen LogP contribution in [0.5, 0.6) is 0 Å². The lowest BCUT2D eigenvalue weighted by molar-refractivity contribution is 0.268. The highest BCUT2D eigenvalue weighted by Gasteiger charge is 2.26. The molecule has 0 saturated heterocycles. The van der Waals surface area contributed by atoms with E-state index in [9.17, 15) is 8.78 Å². The second-order valence-corrected chi connectivity index (χ2v) is 6.81. The number of fused-ring (bicyclic) bond motifs is 1. The van der Waals surface area contributed by atoms with Crippen molar-refractivity contribution in [3.05, 3.63) is 59.9 Å². The topological polar surface area (TPSA) is 0 Å². The molecule has 0 aliphatic heterocycles. The molecule has 126 valence electrons. The van der Waals surface area contributed by atoms with Gasteiger partial charge in [-0.15, -0.1) is 0 Å². The molecule has 1 aliphatic carbocycles. The number of rotatable bonds is 4. The van der Waals surface area contributed by atoms with Crippen molar-refractivity contribution < 1.29 is 8.78 Å². The Balaban J connectivity index is 1.86. The van der Waals surface area contributed by atoms with Crippen molar-refractivity contribution in [1.29, 1.82) is 0 Å². The molecule has 3 rings (SSSR count). The molecule has 0 atom stereocenters. The van der Waals surface area contributed by atoms with Crippen molar-refractivity contribution in [2.75, 3.05) is 0 Å². The van der Waals surface area contributed by atoms with Crippen molar-refractivity contribution in [2.45, 2.75) is 39.0 Å². The lowest BCUT2D eigenvalue weighted by atomic mass is 9.80. The van der Waals surface area contributed by atoms with E-state index in [1.54, 1.807) is 18.2 Å². The van der Waals surface area contributed by atoms with Crippen molar-refractivity contribution in [1.82, 2.24) is 0 Å². The smallest absolute Gasteiger partial charge is 0.162 e. The number of allylic oxidation sites excluding steroid dienone is 1. The third-order valence-electron chi connectivity index (χ3n) is 5.35. The van der Waals surface area contributed by atoms with Crippen molar-refractivity contribution in [3.63, 3.8) is 0 Å². The molecule has 1 fully saturated rings. The molecule has 1 saturated carbocycles. The van der Waals surface area contributed by atoms with Crippen LogP contribution in [0.3, 0.4) is 0 Å². The van der Waals surface area contributed by atoms with Gasteiger partial charge >= 0.3 is 0 Å². The van der Waals surface area contributed by atoms with Gasteiger partial charge in [0.05, 0.1) is 0 Å². The lowest BCUT2D eigenvalue weighted by Gasteiger charge is -2.26. The van der Waals surface area contributed by atoms with Crippen LogP contribution in [0.1, 0.15) is 50.2 Å². The number of hydrogen-bond acceptors (Lipinski definition) is 0. The van der Waals surface area contributed by atoms with Gasteiger partial charge in [0.2, 0.25) is 0 Å². The summed E-state index contributed by atoms with van der Waals surface area (Å²) in [6, 6.07) is 11.1. The summed E-state index contributed by atoms with van der Waals surface area (Å²) in [5, 5.41) is 1.92. The zero-order chi connectivity index (χ0) is 17.1. The standard InChI is InChI=1S/C22H24F2/c1-3-15-5-8-17(9-6-15)21(23)22(24)20-12-11-18-13-16(4-2)7-10-19(18)14-20/h4,7,10-15,17H,2-3,5-6,8-9H2,1H3. The monoisotopic (exact) mass is 326 g/mol. The molecular weight excluding hydrogens is 302 g/mol. The first-order chi connectivity index (χ1) is 11.6. The zero-order valence-electron chi connectivity index (χ0n) is 14.2. The SMILES string of the molecule is C=Cc1ccc2cc(C(F)=C(F)C3CCC(CC)CC3)ccc2c1. The third kappa shape index (κ3) is 3.43. The van der Waals surface area contributed by atoms with E-state index >= 15 is 0 Å². The van der Waals surface area contributed by atoms with Crippen LogP contribution in [0.2, 0.25) is 0 Å². The first kappa shape index (κ1) is 16.9. The molecule has 0 aromatic heterocycles. The molecule has 0 amide bonds. The second kappa shape index (κ2) is 7.29. The molecule has 0 bridgehead atoms. The maximum atomic E-state index is 14.7. The summed E-state index contributed by atoms with van der Waals surface area (Å²) >= 11 is 0. The van der Waals surface area contributed by atoms with Gasteiger partial charge in [0.15, 0.2) is 5.83 Å². The fourth-order valence-corrected chi connectivity index (χ4v) is 3.67. The average Bonchev–Trinajstić information content (AvgIpc) is 2.66. The van der Waals surface area contributed by atoms with Crippen LogP contribution in [0, 0.1) is 11.8 Å². The summed E-state index contributed by atoms with van der Waals surface area (Å²) in [6.45, 7) is 5.92. The summed E-state index contributed by atoms with van der Waals surface area (Å²) < 4.78 is 29.3. The molecule has 0 heterocycles. The Bertz CT molecular complexity index is 765. The van der Waals surface area contributed by atoms with E-state index in [-0.39, 0.29) is 5.92 Å². The molecule has 2 heteroatoms. The van der Waals surface area contributed by atoms with E-state index in [4.69, 9.17) is 0 Å². The predicted molar refractivity (Wildman–Crippen MR) is 98.9 cm³/mol. The average molecular weight is 326 g/mol. The predicted octanol–water partition coefficient (Wildman–Crippen LogP) is 7.31. The second-order valence-electron chi connectivity index (χ2n) is 6.81. The minimum absolute atomic E-state index is 0.258. The molecule has 2 aromatic rings. The highest BCUT2D eigenvalue weighted by molar-refractivity contribution is 5.87. The summed E-state index contributed by atoms with van der Waals surface area (Å²) in [5.41, 5.74) is 1.36.